The molecule has 1 heterocycles. The number of sulfonamides is 1. The second-order valence-electron chi connectivity index (χ2n) is 6.05. The highest BCUT2D eigenvalue weighted by Crippen LogP contribution is 2.18. The number of nitrogens with zero attached hydrogens (tertiary/aromatic N) is 1. The summed E-state index contributed by atoms with van der Waals surface area (Å²) in [5.74, 6) is -1.04. The number of rotatable bonds is 6. The summed E-state index contributed by atoms with van der Waals surface area (Å²) < 4.78 is 24.4. The summed E-state index contributed by atoms with van der Waals surface area (Å²) in [6.07, 6.45) is 2.64. The molecule has 0 aromatic heterocycles. The lowest BCUT2D eigenvalue weighted by atomic mass is 9.98. The van der Waals surface area contributed by atoms with Gasteiger partial charge in [0.05, 0.1) is 18.2 Å². The van der Waals surface area contributed by atoms with Crippen LogP contribution in [0.1, 0.15) is 28.8 Å². The maximum absolute atomic E-state index is 12.0. The monoisotopic (exact) mass is 354 g/mol. The lowest BCUT2D eigenvalue weighted by Crippen LogP contribution is -2.41. The summed E-state index contributed by atoms with van der Waals surface area (Å²) in [5, 5.41) is 11.9. The maximum Gasteiger partial charge on any atom is 0.335 e. The van der Waals surface area contributed by atoms with E-state index >= 15 is 0 Å². The molecule has 0 bridgehead atoms. The largest absolute Gasteiger partial charge is 0.478 e. The van der Waals surface area contributed by atoms with Gasteiger partial charge in [-0.2, -0.15) is 0 Å². The summed E-state index contributed by atoms with van der Waals surface area (Å²) in [6, 6.07) is 6.44. The molecule has 1 fully saturated rings. The van der Waals surface area contributed by atoms with Crippen LogP contribution in [0.5, 0.6) is 0 Å². The number of piperidine rings is 1. The van der Waals surface area contributed by atoms with E-state index < -0.39 is 16.0 Å². The summed E-state index contributed by atoms with van der Waals surface area (Å²) in [6.45, 7) is 1.42. The Morgan fingerprint density at radius 1 is 1.25 bits per heavy atom. The Labute approximate surface area is 141 Å². The molecule has 1 saturated heterocycles. The molecule has 0 radical (unpaired) electrons. The van der Waals surface area contributed by atoms with Crippen LogP contribution in [0, 0.1) is 5.92 Å². The Balaban J connectivity index is 1.82. The van der Waals surface area contributed by atoms with Crippen molar-refractivity contribution >= 4 is 21.9 Å². The van der Waals surface area contributed by atoms with E-state index in [9.17, 15) is 18.0 Å². The van der Waals surface area contributed by atoms with E-state index in [1.807, 2.05) is 0 Å². The molecule has 0 unspecified atom stereocenters. The molecular formula is C16H22N2O5S. The van der Waals surface area contributed by atoms with Gasteiger partial charge in [0.15, 0.2) is 0 Å². The summed E-state index contributed by atoms with van der Waals surface area (Å²) >= 11 is 0. The molecule has 2 N–H and O–H groups in total. The van der Waals surface area contributed by atoms with E-state index in [4.69, 9.17) is 5.11 Å². The first kappa shape index (κ1) is 18.4. The molecule has 24 heavy (non-hydrogen) atoms. The standard InChI is InChI=1S/C16H22N2O5S/c1-24(22,23)18-8-6-12(7-9-18)11-17-15(19)10-13-4-2-3-5-14(13)16(20)21/h2-5,12H,6-11H2,1H3,(H,17,19)(H,20,21). The van der Waals surface area contributed by atoms with Gasteiger partial charge in [-0.25, -0.2) is 17.5 Å². The third kappa shape index (κ3) is 5.04. The maximum atomic E-state index is 12.0. The van der Waals surface area contributed by atoms with Crippen LogP contribution < -0.4 is 5.32 Å². The van der Waals surface area contributed by atoms with E-state index in [0.717, 1.165) is 0 Å². The zero-order valence-electron chi connectivity index (χ0n) is 13.6. The normalized spacial score (nSPS) is 16.7. The van der Waals surface area contributed by atoms with Crippen molar-refractivity contribution in [3.05, 3.63) is 35.4 Å². The lowest BCUT2D eigenvalue weighted by molar-refractivity contribution is -0.120. The Morgan fingerprint density at radius 2 is 1.88 bits per heavy atom. The fourth-order valence-electron chi connectivity index (χ4n) is 2.82. The van der Waals surface area contributed by atoms with Crippen LogP contribution in [0.2, 0.25) is 0 Å². The fraction of sp³-hybridized carbons (Fsp3) is 0.500. The smallest absolute Gasteiger partial charge is 0.335 e. The van der Waals surface area contributed by atoms with Crippen molar-refractivity contribution in [3.8, 4) is 0 Å². The van der Waals surface area contributed by atoms with Gasteiger partial charge in [0.2, 0.25) is 15.9 Å². The first-order valence-electron chi connectivity index (χ1n) is 7.80. The zero-order valence-corrected chi connectivity index (χ0v) is 14.4. The van der Waals surface area contributed by atoms with Crippen LogP contribution in [-0.2, 0) is 21.2 Å². The topological polar surface area (TPSA) is 104 Å². The van der Waals surface area contributed by atoms with Crippen molar-refractivity contribution in [3.63, 3.8) is 0 Å². The highest BCUT2D eigenvalue weighted by Gasteiger charge is 2.25. The predicted molar refractivity (Wildman–Crippen MR) is 89.3 cm³/mol. The van der Waals surface area contributed by atoms with Crippen molar-refractivity contribution < 1.29 is 23.1 Å². The third-order valence-corrected chi connectivity index (χ3v) is 5.53. The van der Waals surface area contributed by atoms with Gasteiger partial charge < -0.3 is 10.4 Å². The minimum Gasteiger partial charge on any atom is -0.478 e. The molecule has 0 aliphatic carbocycles. The fourth-order valence-corrected chi connectivity index (χ4v) is 3.70. The molecule has 0 saturated carbocycles. The van der Waals surface area contributed by atoms with E-state index in [-0.39, 0.29) is 23.8 Å². The third-order valence-electron chi connectivity index (χ3n) is 4.23. The molecule has 1 aliphatic rings. The highest BCUT2D eigenvalue weighted by molar-refractivity contribution is 7.88. The van der Waals surface area contributed by atoms with Gasteiger partial charge in [-0.05, 0) is 30.4 Å². The number of hydrogen-bond donors (Lipinski definition) is 2. The highest BCUT2D eigenvalue weighted by atomic mass is 32.2. The molecule has 8 heteroatoms. The number of benzene rings is 1. The van der Waals surface area contributed by atoms with Gasteiger partial charge in [0.25, 0.3) is 0 Å². The van der Waals surface area contributed by atoms with Gasteiger partial charge in [-0.3, -0.25) is 4.79 Å². The van der Waals surface area contributed by atoms with Crippen LogP contribution in [0.25, 0.3) is 0 Å². The van der Waals surface area contributed by atoms with E-state index in [2.05, 4.69) is 5.32 Å². The van der Waals surface area contributed by atoms with E-state index in [1.165, 1.54) is 16.6 Å². The van der Waals surface area contributed by atoms with Crippen LogP contribution in [0.4, 0.5) is 0 Å². The van der Waals surface area contributed by atoms with Crippen molar-refractivity contribution in [1.29, 1.82) is 0 Å². The number of carbonyl (C=O) groups is 2. The molecule has 0 spiro atoms. The number of carboxylic acids is 1. The number of carbonyl (C=O) groups excluding carboxylic acids is 1. The molecule has 132 valence electrons. The second-order valence-corrected chi connectivity index (χ2v) is 8.03. The molecule has 1 amide bonds. The summed E-state index contributed by atoms with van der Waals surface area (Å²) in [7, 11) is -3.14. The van der Waals surface area contributed by atoms with E-state index in [0.29, 0.717) is 38.0 Å². The van der Waals surface area contributed by atoms with Crippen LogP contribution in [0.15, 0.2) is 24.3 Å². The zero-order chi connectivity index (χ0) is 17.7. The van der Waals surface area contributed by atoms with Gasteiger partial charge in [0.1, 0.15) is 0 Å². The quantitative estimate of drug-likeness (QED) is 0.783. The van der Waals surface area contributed by atoms with E-state index in [1.54, 1.807) is 18.2 Å². The summed E-state index contributed by atoms with van der Waals surface area (Å²) in [5.41, 5.74) is 0.614. The predicted octanol–water partition coefficient (Wildman–Crippen LogP) is 0.715. The van der Waals surface area contributed by atoms with Crippen molar-refractivity contribution in [2.24, 2.45) is 5.92 Å². The van der Waals surface area contributed by atoms with Crippen LogP contribution in [-0.4, -0.2) is 55.6 Å². The van der Waals surface area contributed by atoms with Crippen LogP contribution >= 0.6 is 0 Å². The molecular weight excluding hydrogens is 332 g/mol. The first-order chi connectivity index (χ1) is 11.3. The Hall–Kier alpha value is -1.93. The molecule has 7 nitrogen and oxygen atoms in total. The van der Waals surface area contributed by atoms with Gasteiger partial charge in [-0.15, -0.1) is 0 Å². The van der Waals surface area contributed by atoms with Gasteiger partial charge in [0, 0.05) is 19.6 Å². The number of carboxylic acid groups (broad SMARTS) is 1. The molecule has 2 rings (SSSR count). The second kappa shape index (κ2) is 7.76. The van der Waals surface area contributed by atoms with Crippen LogP contribution in [0.3, 0.4) is 0 Å². The molecule has 0 atom stereocenters. The number of hydrogen-bond acceptors (Lipinski definition) is 4. The molecule has 1 aromatic rings. The molecule has 1 aliphatic heterocycles. The Kier molecular flexibility index (Phi) is 5.95. The summed E-state index contributed by atoms with van der Waals surface area (Å²) in [4.78, 5) is 23.2. The van der Waals surface area contributed by atoms with Gasteiger partial charge >= 0.3 is 5.97 Å². The molecule has 1 aromatic carbocycles. The number of amides is 1. The Bertz CT molecular complexity index is 709. The van der Waals surface area contributed by atoms with Gasteiger partial charge in [-0.1, -0.05) is 18.2 Å². The average Bonchev–Trinajstić information content (AvgIpc) is 2.53. The van der Waals surface area contributed by atoms with Crippen molar-refractivity contribution in [2.75, 3.05) is 25.9 Å². The minimum absolute atomic E-state index is 0.0185. The van der Waals surface area contributed by atoms with Crippen molar-refractivity contribution in [1.82, 2.24) is 9.62 Å². The lowest BCUT2D eigenvalue weighted by Gasteiger charge is -2.30. The first-order valence-corrected chi connectivity index (χ1v) is 9.65. The number of nitrogens with one attached hydrogen (secondary N) is 1. The number of aromatic carboxylic acids is 1. The Morgan fingerprint density at radius 3 is 2.46 bits per heavy atom. The van der Waals surface area contributed by atoms with Crippen molar-refractivity contribution in [2.45, 2.75) is 19.3 Å². The minimum atomic E-state index is -3.14. The average molecular weight is 354 g/mol. The SMILES string of the molecule is CS(=O)(=O)N1CCC(CNC(=O)Cc2ccccc2C(=O)O)CC1.